The number of nitrogens with two attached hydrogens (primary N) is 1. The van der Waals surface area contributed by atoms with Crippen LogP contribution in [0.1, 0.15) is 18.5 Å². The molecule has 0 aliphatic carbocycles. The van der Waals surface area contributed by atoms with Crippen LogP contribution >= 0.6 is 0 Å². The van der Waals surface area contributed by atoms with Gasteiger partial charge in [0.1, 0.15) is 5.75 Å². The van der Waals surface area contributed by atoms with Crippen molar-refractivity contribution in [2.24, 2.45) is 5.73 Å². The molecule has 0 saturated carbocycles. The van der Waals surface area contributed by atoms with E-state index in [1.807, 2.05) is 31.2 Å². The Labute approximate surface area is 78.5 Å². The van der Waals surface area contributed by atoms with E-state index < -0.39 is 0 Å². The van der Waals surface area contributed by atoms with Gasteiger partial charge < -0.3 is 15.2 Å². The van der Waals surface area contributed by atoms with E-state index in [0.29, 0.717) is 0 Å². The average molecular weight is 181 g/mol. The smallest absolute Gasteiger partial charge is 0.188 e. The lowest BCUT2D eigenvalue weighted by Crippen LogP contribution is -2.08. The molecule has 1 rings (SSSR count). The van der Waals surface area contributed by atoms with Crippen LogP contribution in [0.15, 0.2) is 24.3 Å². The predicted octanol–water partition coefficient (Wildman–Crippen LogP) is 1.69. The van der Waals surface area contributed by atoms with E-state index in [1.165, 1.54) is 0 Å². The van der Waals surface area contributed by atoms with Crippen molar-refractivity contribution in [3.63, 3.8) is 0 Å². The summed E-state index contributed by atoms with van der Waals surface area (Å²) in [5, 5.41) is 0. The summed E-state index contributed by atoms with van der Waals surface area (Å²) in [5.74, 6) is 0.791. The van der Waals surface area contributed by atoms with E-state index in [1.54, 1.807) is 7.11 Å². The molecular formula is C10H15NO2. The van der Waals surface area contributed by atoms with Gasteiger partial charge in [-0.1, -0.05) is 18.2 Å². The predicted molar refractivity (Wildman–Crippen MR) is 51.5 cm³/mol. The van der Waals surface area contributed by atoms with Gasteiger partial charge in [-0.15, -0.1) is 0 Å². The maximum Gasteiger partial charge on any atom is 0.188 e. The maximum atomic E-state index is 5.77. The molecule has 72 valence electrons. The van der Waals surface area contributed by atoms with E-state index in [4.69, 9.17) is 15.2 Å². The zero-order valence-electron chi connectivity index (χ0n) is 7.99. The van der Waals surface area contributed by atoms with E-state index >= 15 is 0 Å². The summed E-state index contributed by atoms with van der Waals surface area (Å²) >= 11 is 0. The molecule has 1 atom stereocenters. The molecule has 1 aromatic carbocycles. The number of hydrogen-bond donors (Lipinski definition) is 1. The molecule has 0 aromatic heterocycles. The largest absolute Gasteiger partial charge is 0.467 e. The zero-order chi connectivity index (χ0) is 9.68. The topological polar surface area (TPSA) is 44.5 Å². The molecule has 0 spiro atoms. The first-order valence-electron chi connectivity index (χ1n) is 4.22. The molecule has 0 aliphatic heterocycles. The first-order chi connectivity index (χ1) is 6.25. The van der Waals surface area contributed by atoms with Gasteiger partial charge in [0.15, 0.2) is 6.79 Å². The van der Waals surface area contributed by atoms with Crippen LogP contribution in [0.3, 0.4) is 0 Å². The van der Waals surface area contributed by atoms with Gasteiger partial charge in [-0.2, -0.15) is 0 Å². The van der Waals surface area contributed by atoms with Crippen molar-refractivity contribution in [3.05, 3.63) is 29.8 Å². The summed E-state index contributed by atoms with van der Waals surface area (Å²) in [6.45, 7) is 2.18. The minimum Gasteiger partial charge on any atom is -0.467 e. The highest BCUT2D eigenvalue weighted by atomic mass is 16.7. The van der Waals surface area contributed by atoms with Gasteiger partial charge in [-0.05, 0) is 13.0 Å². The molecule has 0 saturated heterocycles. The number of benzene rings is 1. The molecule has 0 unspecified atom stereocenters. The lowest BCUT2D eigenvalue weighted by molar-refractivity contribution is 0.0502. The normalized spacial score (nSPS) is 12.5. The monoisotopic (exact) mass is 181 g/mol. The van der Waals surface area contributed by atoms with Crippen LogP contribution in [-0.2, 0) is 4.74 Å². The van der Waals surface area contributed by atoms with Crippen LogP contribution < -0.4 is 10.5 Å². The van der Waals surface area contributed by atoms with Gasteiger partial charge in [0.25, 0.3) is 0 Å². The number of rotatable bonds is 4. The van der Waals surface area contributed by atoms with Crippen molar-refractivity contribution in [1.82, 2.24) is 0 Å². The Kier molecular flexibility index (Phi) is 3.73. The van der Waals surface area contributed by atoms with Crippen LogP contribution in [0, 0.1) is 0 Å². The Morgan fingerprint density at radius 3 is 2.69 bits per heavy atom. The maximum absolute atomic E-state index is 5.77. The number of ether oxygens (including phenoxy) is 2. The highest BCUT2D eigenvalue weighted by Gasteiger charge is 2.05. The van der Waals surface area contributed by atoms with Gasteiger partial charge in [0, 0.05) is 18.7 Å². The van der Waals surface area contributed by atoms with E-state index in [-0.39, 0.29) is 12.8 Å². The lowest BCUT2D eigenvalue weighted by atomic mass is 10.1. The molecule has 13 heavy (non-hydrogen) atoms. The Morgan fingerprint density at radius 2 is 2.08 bits per heavy atom. The molecule has 0 radical (unpaired) electrons. The molecule has 3 nitrogen and oxygen atoms in total. The standard InChI is InChI=1S/C10H15NO2/c1-8(11)9-5-3-4-6-10(9)13-7-12-2/h3-6,8H,7,11H2,1-2H3/t8-/m0/s1. The van der Waals surface area contributed by atoms with Crippen molar-refractivity contribution in [1.29, 1.82) is 0 Å². The number of para-hydroxylation sites is 1. The van der Waals surface area contributed by atoms with Crippen molar-refractivity contribution in [2.45, 2.75) is 13.0 Å². The molecule has 0 fully saturated rings. The second kappa shape index (κ2) is 4.84. The molecule has 0 amide bonds. The van der Waals surface area contributed by atoms with Crippen LogP contribution in [-0.4, -0.2) is 13.9 Å². The fourth-order valence-corrected chi connectivity index (χ4v) is 1.11. The molecular weight excluding hydrogens is 166 g/mol. The van der Waals surface area contributed by atoms with Crippen LogP contribution in [0.4, 0.5) is 0 Å². The molecule has 1 aromatic rings. The van der Waals surface area contributed by atoms with Crippen LogP contribution in [0.25, 0.3) is 0 Å². The quantitative estimate of drug-likeness (QED) is 0.719. The van der Waals surface area contributed by atoms with Gasteiger partial charge in [-0.3, -0.25) is 0 Å². The summed E-state index contributed by atoms with van der Waals surface area (Å²) in [4.78, 5) is 0. The minimum atomic E-state index is -0.0203. The Morgan fingerprint density at radius 1 is 1.38 bits per heavy atom. The van der Waals surface area contributed by atoms with Crippen molar-refractivity contribution in [3.8, 4) is 5.75 Å². The highest BCUT2D eigenvalue weighted by Crippen LogP contribution is 2.22. The van der Waals surface area contributed by atoms with E-state index in [9.17, 15) is 0 Å². The van der Waals surface area contributed by atoms with Crippen molar-refractivity contribution >= 4 is 0 Å². The summed E-state index contributed by atoms with van der Waals surface area (Å²) in [6, 6.07) is 7.68. The summed E-state index contributed by atoms with van der Waals surface area (Å²) in [5.41, 5.74) is 6.77. The fourth-order valence-electron chi connectivity index (χ4n) is 1.11. The van der Waals surface area contributed by atoms with Crippen LogP contribution in [0.2, 0.25) is 0 Å². The lowest BCUT2D eigenvalue weighted by Gasteiger charge is -2.12. The molecule has 0 aliphatic rings. The highest BCUT2D eigenvalue weighted by molar-refractivity contribution is 5.35. The van der Waals surface area contributed by atoms with Crippen LogP contribution in [0.5, 0.6) is 5.75 Å². The van der Waals surface area contributed by atoms with E-state index in [2.05, 4.69) is 0 Å². The fraction of sp³-hybridized carbons (Fsp3) is 0.400. The number of hydrogen-bond acceptors (Lipinski definition) is 3. The first kappa shape index (κ1) is 10.0. The third kappa shape index (κ3) is 2.72. The summed E-state index contributed by atoms with van der Waals surface area (Å²) in [7, 11) is 1.59. The van der Waals surface area contributed by atoms with E-state index in [0.717, 1.165) is 11.3 Å². The second-order valence-electron chi connectivity index (χ2n) is 2.88. The second-order valence-corrected chi connectivity index (χ2v) is 2.88. The Bertz CT molecular complexity index is 261. The summed E-state index contributed by atoms with van der Waals surface area (Å²) < 4.78 is 10.2. The molecule has 2 N–H and O–H groups in total. The zero-order valence-corrected chi connectivity index (χ0v) is 7.99. The average Bonchev–Trinajstić information content (AvgIpc) is 2.15. The van der Waals surface area contributed by atoms with Gasteiger partial charge in [-0.25, -0.2) is 0 Å². The third-order valence-corrected chi connectivity index (χ3v) is 1.74. The minimum absolute atomic E-state index is 0.0203. The Balaban J connectivity index is 2.78. The SMILES string of the molecule is COCOc1ccccc1[C@H](C)N. The van der Waals surface area contributed by atoms with Crippen molar-refractivity contribution < 1.29 is 9.47 Å². The molecule has 0 bridgehead atoms. The summed E-state index contributed by atoms with van der Waals surface area (Å²) in [6.07, 6.45) is 0. The third-order valence-electron chi connectivity index (χ3n) is 1.74. The van der Waals surface area contributed by atoms with Gasteiger partial charge in [0.2, 0.25) is 0 Å². The Hall–Kier alpha value is -1.06. The van der Waals surface area contributed by atoms with Gasteiger partial charge in [0.05, 0.1) is 0 Å². The molecule has 3 heteroatoms. The molecule has 0 heterocycles. The van der Waals surface area contributed by atoms with Gasteiger partial charge >= 0.3 is 0 Å². The first-order valence-corrected chi connectivity index (χ1v) is 4.22. The number of methoxy groups -OCH3 is 1. The van der Waals surface area contributed by atoms with Crippen molar-refractivity contribution in [2.75, 3.05) is 13.9 Å².